The molecule has 0 unspecified atom stereocenters. The molecule has 0 saturated carbocycles. The normalized spacial score (nSPS) is 19.2. The number of hydrogen-bond donors (Lipinski definition) is 0. The number of aryl methyl sites for hydroxylation is 1. The summed E-state index contributed by atoms with van der Waals surface area (Å²) in [4.78, 5) is 14.0. The standard InChI is InChI=1S/C13H16BrNO/c1-9-8-10(4-5-11(9)14)15-7-6-13(2,3)12(15)16/h4-5,8H,6-7H2,1-3H3. The first-order valence-corrected chi connectivity index (χ1v) is 6.29. The smallest absolute Gasteiger partial charge is 0.232 e. The predicted molar refractivity (Wildman–Crippen MR) is 69.6 cm³/mol. The van der Waals surface area contributed by atoms with Crippen LogP contribution < -0.4 is 4.90 Å². The maximum atomic E-state index is 12.1. The lowest BCUT2D eigenvalue weighted by Crippen LogP contribution is -2.30. The van der Waals surface area contributed by atoms with Crippen molar-refractivity contribution < 1.29 is 4.79 Å². The highest BCUT2D eigenvalue weighted by molar-refractivity contribution is 9.10. The molecule has 3 heteroatoms. The Labute approximate surface area is 105 Å². The summed E-state index contributed by atoms with van der Waals surface area (Å²) in [6.45, 7) is 6.90. The fourth-order valence-electron chi connectivity index (χ4n) is 2.01. The van der Waals surface area contributed by atoms with E-state index in [1.807, 2.05) is 37.8 Å². The van der Waals surface area contributed by atoms with Gasteiger partial charge in [-0.3, -0.25) is 4.79 Å². The Morgan fingerprint density at radius 3 is 2.56 bits per heavy atom. The van der Waals surface area contributed by atoms with Crippen LogP contribution in [-0.2, 0) is 4.79 Å². The predicted octanol–water partition coefficient (Wildman–Crippen LogP) is 3.52. The van der Waals surface area contributed by atoms with E-state index >= 15 is 0 Å². The number of anilines is 1. The van der Waals surface area contributed by atoms with Gasteiger partial charge in [-0.25, -0.2) is 0 Å². The van der Waals surface area contributed by atoms with E-state index in [9.17, 15) is 4.79 Å². The highest BCUT2D eigenvalue weighted by Crippen LogP contribution is 2.34. The first-order valence-electron chi connectivity index (χ1n) is 5.50. The van der Waals surface area contributed by atoms with Crippen molar-refractivity contribution in [2.45, 2.75) is 27.2 Å². The van der Waals surface area contributed by atoms with E-state index in [0.29, 0.717) is 0 Å². The summed E-state index contributed by atoms with van der Waals surface area (Å²) in [7, 11) is 0. The Balaban J connectivity index is 2.33. The van der Waals surface area contributed by atoms with Gasteiger partial charge >= 0.3 is 0 Å². The minimum Gasteiger partial charge on any atom is -0.312 e. The fraction of sp³-hybridized carbons (Fsp3) is 0.462. The molecule has 1 fully saturated rings. The second-order valence-electron chi connectivity index (χ2n) is 5.02. The molecule has 0 atom stereocenters. The van der Waals surface area contributed by atoms with Gasteiger partial charge in [0.2, 0.25) is 5.91 Å². The molecule has 1 aliphatic heterocycles. The second kappa shape index (κ2) is 3.88. The SMILES string of the molecule is Cc1cc(N2CCC(C)(C)C2=O)ccc1Br. The van der Waals surface area contributed by atoms with Crippen LogP contribution in [0.3, 0.4) is 0 Å². The van der Waals surface area contributed by atoms with Gasteiger partial charge in [-0.2, -0.15) is 0 Å². The Hall–Kier alpha value is -0.830. The van der Waals surface area contributed by atoms with E-state index in [1.54, 1.807) is 0 Å². The molecular weight excluding hydrogens is 266 g/mol. The average Bonchev–Trinajstić information content (AvgIpc) is 2.48. The molecule has 0 aliphatic carbocycles. The van der Waals surface area contributed by atoms with Crippen LogP contribution in [0.1, 0.15) is 25.8 Å². The molecule has 1 aliphatic rings. The molecule has 0 bridgehead atoms. The molecule has 16 heavy (non-hydrogen) atoms. The van der Waals surface area contributed by atoms with Crippen molar-refractivity contribution in [3.63, 3.8) is 0 Å². The van der Waals surface area contributed by atoms with Crippen molar-refractivity contribution in [2.24, 2.45) is 5.41 Å². The van der Waals surface area contributed by atoms with Crippen LogP contribution >= 0.6 is 15.9 Å². The molecule has 1 aromatic rings. The Morgan fingerprint density at radius 1 is 1.38 bits per heavy atom. The van der Waals surface area contributed by atoms with Crippen molar-refractivity contribution in [3.05, 3.63) is 28.2 Å². The molecule has 2 nitrogen and oxygen atoms in total. The molecule has 86 valence electrons. The molecule has 0 radical (unpaired) electrons. The van der Waals surface area contributed by atoms with Crippen LogP contribution in [0.25, 0.3) is 0 Å². The van der Waals surface area contributed by atoms with Gasteiger partial charge in [-0.1, -0.05) is 29.8 Å². The van der Waals surface area contributed by atoms with Crippen molar-refractivity contribution in [2.75, 3.05) is 11.4 Å². The number of benzene rings is 1. The molecule has 1 saturated heterocycles. The Bertz CT molecular complexity index is 440. The molecule has 0 N–H and O–H groups in total. The van der Waals surface area contributed by atoms with Gasteiger partial charge in [-0.15, -0.1) is 0 Å². The Kier molecular flexibility index (Phi) is 2.82. The van der Waals surface area contributed by atoms with Crippen LogP contribution in [-0.4, -0.2) is 12.5 Å². The lowest BCUT2D eigenvalue weighted by Gasteiger charge is -2.20. The quantitative estimate of drug-likeness (QED) is 0.771. The van der Waals surface area contributed by atoms with Crippen molar-refractivity contribution in [3.8, 4) is 0 Å². The monoisotopic (exact) mass is 281 g/mol. The minimum atomic E-state index is -0.207. The van der Waals surface area contributed by atoms with Gasteiger partial charge in [0.25, 0.3) is 0 Å². The summed E-state index contributed by atoms with van der Waals surface area (Å²) >= 11 is 3.47. The number of carbonyl (C=O) groups excluding carboxylic acids is 1. The summed E-state index contributed by atoms with van der Waals surface area (Å²) in [5, 5.41) is 0. The van der Waals surface area contributed by atoms with E-state index < -0.39 is 0 Å². The fourth-order valence-corrected chi connectivity index (χ4v) is 2.25. The second-order valence-corrected chi connectivity index (χ2v) is 5.88. The Morgan fingerprint density at radius 2 is 2.06 bits per heavy atom. The molecule has 1 heterocycles. The van der Waals surface area contributed by atoms with Crippen LogP contribution in [0.2, 0.25) is 0 Å². The average molecular weight is 282 g/mol. The molecular formula is C13H16BrNO. The van der Waals surface area contributed by atoms with Crippen LogP contribution in [0, 0.1) is 12.3 Å². The van der Waals surface area contributed by atoms with Gasteiger partial charge in [0, 0.05) is 22.1 Å². The number of rotatable bonds is 1. The van der Waals surface area contributed by atoms with E-state index in [4.69, 9.17) is 0 Å². The summed E-state index contributed by atoms with van der Waals surface area (Å²) < 4.78 is 1.09. The number of hydrogen-bond acceptors (Lipinski definition) is 1. The highest BCUT2D eigenvalue weighted by atomic mass is 79.9. The van der Waals surface area contributed by atoms with E-state index in [-0.39, 0.29) is 11.3 Å². The summed E-state index contributed by atoms with van der Waals surface area (Å²) in [6.07, 6.45) is 0.931. The number of amides is 1. The minimum absolute atomic E-state index is 0.207. The zero-order valence-corrected chi connectivity index (χ0v) is 11.5. The first kappa shape index (κ1) is 11.6. The third-order valence-corrected chi connectivity index (χ3v) is 4.13. The van der Waals surface area contributed by atoms with Gasteiger partial charge in [-0.05, 0) is 37.1 Å². The largest absolute Gasteiger partial charge is 0.312 e. The maximum absolute atomic E-state index is 12.1. The molecule has 0 aromatic heterocycles. The molecule has 2 rings (SSSR count). The van der Waals surface area contributed by atoms with E-state index in [0.717, 1.165) is 28.7 Å². The topological polar surface area (TPSA) is 20.3 Å². The number of nitrogens with zero attached hydrogens (tertiary/aromatic N) is 1. The van der Waals surface area contributed by atoms with Gasteiger partial charge in [0.1, 0.15) is 0 Å². The van der Waals surface area contributed by atoms with E-state index in [1.165, 1.54) is 0 Å². The van der Waals surface area contributed by atoms with Crippen LogP contribution in [0.5, 0.6) is 0 Å². The maximum Gasteiger partial charge on any atom is 0.232 e. The van der Waals surface area contributed by atoms with Crippen LogP contribution in [0.4, 0.5) is 5.69 Å². The summed E-state index contributed by atoms with van der Waals surface area (Å²) in [6, 6.07) is 6.06. The molecule has 1 aromatic carbocycles. The van der Waals surface area contributed by atoms with Crippen molar-refractivity contribution in [1.82, 2.24) is 0 Å². The first-order chi connectivity index (χ1) is 7.42. The lowest BCUT2D eigenvalue weighted by molar-refractivity contribution is -0.123. The number of halogens is 1. The third-order valence-electron chi connectivity index (χ3n) is 3.24. The van der Waals surface area contributed by atoms with Gasteiger partial charge < -0.3 is 4.90 Å². The number of carbonyl (C=O) groups is 1. The zero-order chi connectivity index (χ0) is 11.9. The molecule has 0 spiro atoms. The lowest BCUT2D eigenvalue weighted by atomic mass is 9.92. The van der Waals surface area contributed by atoms with Crippen molar-refractivity contribution >= 4 is 27.5 Å². The highest BCUT2D eigenvalue weighted by Gasteiger charge is 2.39. The third kappa shape index (κ3) is 1.88. The molecule has 1 amide bonds. The zero-order valence-electron chi connectivity index (χ0n) is 9.88. The van der Waals surface area contributed by atoms with Gasteiger partial charge in [0.15, 0.2) is 0 Å². The van der Waals surface area contributed by atoms with Gasteiger partial charge in [0.05, 0.1) is 0 Å². The van der Waals surface area contributed by atoms with Crippen molar-refractivity contribution in [1.29, 1.82) is 0 Å². The van der Waals surface area contributed by atoms with E-state index in [2.05, 4.69) is 22.0 Å². The van der Waals surface area contributed by atoms with Crippen LogP contribution in [0.15, 0.2) is 22.7 Å². The summed E-state index contributed by atoms with van der Waals surface area (Å²) in [5.74, 6) is 0.231. The summed E-state index contributed by atoms with van der Waals surface area (Å²) in [5.41, 5.74) is 1.97.